The molecule has 0 aliphatic carbocycles. The summed E-state index contributed by atoms with van der Waals surface area (Å²) in [5.74, 6) is -2.50. The van der Waals surface area contributed by atoms with Crippen molar-refractivity contribution in [1.82, 2.24) is 0 Å². The highest BCUT2D eigenvalue weighted by Crippen LogP contribution is 2.22. The van der Waals surface area contributed by atoms with E-state index in [-0.39, 0.29) is 16.6 Å². The molecular formula is C9H7BrF2O2. The van der Waals surface area contributed by atoms with E-state index in [1.807, 2.05) is 0 Å². The molecule has 2 nitrogen and oxygen atoms in total. The molecule has 0 saturated carbocycles. The Bertz CT molecular complexity index is 366. The Kier molecular flexibility index (Phi) is 3.57. The lowest BCUT2D eigenvalue weighted by molar-refractivity contribution is 0.0520. The van der Waals surface area contributed by atoms with Crippen LogP contribution in [0.15, 0.2) is 16.6 Å². The smallest absolute Gasteiger partial charge is 0.341 e. The third kappa shape index (κ3) is 2.09. The van der Waals surface area contributed by atoms with Crippen LogP contribution in [0.25, 0.3) is 0 Å². The molecule has 14 heavy (non-hydrogen) atoms. The maximum atomic E-state index is 13.2. The molecule has 0 aromatic heterocycles. The summed E-state index contributed by atoms with van der Waals surface area (Å²) in [6.07, 6.45) is 0. The first-order chi connectivity index (χ1) is 6.57. The zero-order chi connectivity index (χ0) is 10.7. The minimum Gasteiger partial charge on any atom is -0.462 e. The van der Waals surface area contributed by atoms with Crippen molar-refractivity contribution in [2.24, 2.45) is 0 Å². The third-order valence-corrected chi connectivity index (χ3v) is 2.26. The second-order valence-electron chi connectivity index (χ2n) is 2.44. The minimum absolute atomic E-state index is 0.146. The van der Waals surface area contributed by atoms with Crippen molar-refractivity contribution in [3.63, 3.8) is 0 Å². The van der Waals surface area contributed by atoms with Gasteiger partial charge in [0.1, 0.15) is 5.82 Å². The summed E-state index contributed by atoms with van der Waals surface area (Å²) in [5.41, 5.74) is -0.278. The second kappa shape index (κ2) is 4.50. The number of rotatable bonds is 2. The Labute approximate surface area is 88.0 Å². The molecule has 0 aliphatic rings. The summed E-state index contributed by atoms with van der Waals surface area (Å²) in [4.78, 5) is 11.1. The molecule has 1 rings (SSSR count). The number of carbonyl (C=O) groups is 1. The molecule has 1 aromatic rings. The molecule has 0 fully saturated rings. The van der Waals surface area contributed by atoms with Gasteiger partial charge in [0.2, 0.25) is 0 Å². The molecule has 0 unspecified atom stereocenters. The summed E-state index contributed by atoms with van der Waals surface area (Å²) in [5, 5.41) is 0. The fourth-order valence-electron chi connectivity index (χ4n) is 0.892. The van der Waals surface area contributed by atoms with Crippen molar-refractivity contribution in [1.29, 1.82) is 0 Å². The standard InChI is InChI=1S/C9H7BrF2O2/c1-2-14-9(13)5-3-4-6(11)7(10)8(5)12/h3-4H,2H2,1H3. The van der Waals surface area contributed by atoms with Gasteiger partial charge >= 0.3 is 5.97 Å². The average Bonchev–Trinajstić information content (AvgIpc) is 2.15. The van der Waals surface area contributed by atoms with Gasteiger partial charge in [0.25, 0.3) is 0 Å². The van der Waals surface area contributed by atoms with Crippen LogP contribution in [-0.4, -0.2) is 12.6 Å². The van der Waals surface area contributed by atoms with E-state index in [0.717, 1.165) is 12.1 Å². The Morgan fingerprint density at radius 2 is 2.14 bits per heavy atom. The number of hydrogen-bond acceptors (Lipinski definition) is 2. The Hall–Kier alpha value is -0.970. The molecule has 0 aliphatic heterocycles. The van der Waals surface area contributed by atoms with E-state index in [9.17, 15) is 13.6 Å². The number of halogens is 3. The van der Waals surface area contributed by atoms with E-state index < -0.39 is 17.6 Å². The van der Waals surface area contributed by atoms with Crippen LogP contribution in [0.4, 0.5) is 8.78 Å². The number of carbonyl (C=O) groups excluding carboxylic acids is 1. The predicted octanol–water partition coefficient (Wildman–Crippen LogP) is 2.90. The number of esters is 1. The Morgan fingerprint density at radius 1 is 1.50 bits per heavy atom. The van der Waals surface area contributed by atoms with Crippen LogP contribution in [0.5, 0.6) is 0 Å². The van der Waals surface area contributed by atoms with Crippen LogP contribution < -0.4 is 0 Å². The molecule has 0 heterocycles. The van der Waals surface area contributed by atoms with Gasteiger partial charge in [-0.3, -0.25) is 0 Å². The van der Waals surface area contributed by atoms with Gasteiger partial charge in [0.05, 0.1) is 16.6 Å². The number of hydrogen-bond donors (Lipinski definition) is 0. The molecule has 0 bridgehead atoms. The number of benzene rings is 1. The van der Waals surface area contributed by atoms with Gasteiger partial charge in [0, 0.05) is 0 Å². The van der Waals surface area contributed by atoms with Crippen molar-refractivity contribution in [2.45, 2.75) is 6.92 Å². The van der Waals surface area contributed by atoms with Crippen molar-refractivity contribution in [3.05, 3.63) is 33.8 Å². The molecule has 0 atom stereocenters. The molecular weight excluding hydrogens is 258 g/mol. The predicted molar refractivity (Wildman–Crippen MR) is 50.0 cm³/mol. The molecule has 0 saturated heterocycles. The summed E-state index contributed by atoms with van der Waals surface area (Å²) >= 11 is 2.69. The maximum Gasteiger partial charge on any atom is 0.341 e. The van der Waals surface area contributed by atoms with Crippen molar-refractivity contribution in [2.75, 3.05) is 6.61 Å². The van der Waals surface area contributed by atoms with Crippen molar-refractivity contribution in [3.8, 4) is 0 Å². The number of ether oxygens (including phenoxy) is 1. The van der Waals surface area contributed by atoms with Gasteiger partial charge < -0.3 is 4.74 Å². The van der Waals surface area contributed by atoms with E-state index in [1.54, 1.807) is 6.92 Å². The highest BCUT2D eigenvalue weighted by molar-refractivity contribution is 9.10. The first-order valence-electron chi connectivity index (χ1n) is 3.88. The Morgan fingerprint density at radius 3 is 2.71 bits per heavy atom. The molecule has 0 radical (unpaired) electrons. The van der Waals surface area contributed by atoms with Gasteiger partial charge in [-0.1, -0.05) is 0 Å². The summed E-state index contributed by atoms with van der Waals surface area (Å²) in [6.45, 7) is 1.75. The van der Waals surface area contributed by atoms with Gasteiger partial charge in [-0.25, -0.2) is 13.6 Å². The van der Waals surface area contributed by atoms with Crippen LogP contribution in [0, 0.1) is 11.6 Å². The highest BCUT2D eigenvalue weighted by atomic mass is 79.9. The zero-order valence-corrected chi connectivity index (χ0v) is 8.90. The van der Waals surface area contributed by atoms with Crippen molar-refractivity contribution < 1.29 is 18.3 Å². The van der Waals surface area contributed by atoms with Gasteiger partial charge in [-0.2, -0.15) is 0 Å². The second-order valence-corrected chi connectivity index (χ2v) is 3.24. The summed E-state index contributed by atoms with van der Waals surface area (Å²) in [7, 11) is 0. The van der Waals surface area contributed by atoms with E-state index in [0.29, 0.717) is 0 Å². The molecule has 0 spiro atoms. The zero-order valence-electron chi connectivity index (χ0n) is 7.31. The fraction of sp³-hybridized carbons (Fsp3) is 0.222. The third-order valence-electron chi connectivity index (χ3n) is 1.53. The molecule has 5 heteroatoms. The van der Waals surface area contributed by atoms with Crippen LogP contribution in [0.3, 0.4) is 0 Å². The maximum absolute atomic E-state index is 13.2. The highest BCUT2D eigenvalue weighted by Gasteiger charge is 2.17. The SMILES string of the molecule is CCOC(=O)c1ccc(F)c(Br)c1F. The molecule has 0 N–H and O–H groups in total. The lowest BCUT2D eigenvalue weighted by atomic mass is 10.2. The lowest BCUT2D eigenvalue weighted by Gasteiger charge is -2.04. The molecule has 0 amide bonds. The lowest BCUT2D eigenvalue weighted by Crippen LogP contribution is -2.08. The monoisotopic (exact) mass is 264 g/mol. The van der Waals surface area contributed by atoms with E-state index in [4.69, 9.17) is 0 Å². The van der Waals surface area contributed by atoms with E-state index >= 15 is 0 Å². The van der Waals surface area contributed by atoms with Crippen LogP contribution in [-0.2, 0) is 4.74 Å². The van der Waals surface area contributed by atoms with E-state index in [1.165, 1.54) is 0 Å². The van der Waals surface area contributed by atoms with Gasteiger partial charge in [-0.15, -0.1) is 0 Å². The summed E-state index contributed by atoms with van der Waals surface area (Å²) in [6, 6.07) is 2.05. The van der Waals surface area contributed by atoms with E-state index in [2.05, 4.69) is 20.7 Å². The molecule has 76 valence electrons. The largest absolute Gasteiger partial charge is 0.462 e. The summed E-state index contributed by atoms with van der Waals surface area (Å²) < 4.78 is 30.2. The average molecular weight is 265 g/mol. The first-order valence-corrected chi connectivity index (χ1v) is 4.67. The van der Waals surface area contributed by atoms with Crippen LogP contribution >= 0.6 is 15.9 Å². The van der Waals surface area contributed by atoms with Crippen molar-refractivity contribution >= 4 is 21.9 Å². The van der Waals surface area contributed by atoms with Crippen LogP contribution in [0.2, 0.25) is 0 Å². The van der Waals surface area contributed by atoms with Crippen LogP contribution in [0.1, 0.15) is 17.3 Å². The quantitative estimate of drug-likeness (QED) is 0.607. The Balaban J connectivity index is 3.11. The normalized spacial score (nSPS) is 10.0. The molecule has 1 aromatic carbocycles. The minimum atomic E-state index is -0.941. The van der Waals surface area contributed by atoms with Gasteiger partial charge in [-0.05, 0) is 35.0 Å². The first kappa shape index (κ1) is 11.1. The van der Waals surface area contributed by atoms with Gasteiger partial charge in [0.15, 0.2) is 5.82 Å². The topological polar surface area (TPSA) is 26.3 Å². The fourth-order valence-corrected chi connectivity index (χ4v) is 1.24.